The minimum Gasteiger partial charge on any atom is -0.371 e. The number of rotatable bonds is 3. The van der Waals surface area contributed by atoms with Crippen LogP contribution in [0.5, 0.6) is 0 Å². The number of likely N-dealkylation sites (N-methyl/N-ethyl adjacent to an activating group) is 1. The summed E-state index contributed by atoms with van der Waals surface area (Å²) >= 11 is 0. The first kappa shape index (κ1) is 13.4. The van der Waals surface area contributed by atoms with E-state index in [1.165, 1.54) is 12.8 Å². The molecule has 3 rings (SSSR count). The van der Waals surface area contributed by atoms with E-state index in [0.29, 0.717) is 12.5 Å². The van der Waals surface area contributed by atoms with Gasteiger partial charge in [0.15, 0.2) is 0 Å². The summed E-state index contributed by atoms with van der Waals surface area (Å²) in [6.45, 7) is 2.81. The highest BCUT2D eigenvalue weighted by molar-refractivity contribution is 5.97. The summed E-state index contributed by atoms with van der Waals surface area (Å²) in [4.78, 5) is 16.7. The van der Waals surface area contributed by atoms with Crippen molar-refractivity contribution in [3.05, 3.63) is 24.3 Å². The lowest BCUT2D eigenvalue weighted by Gasteiger charge is -2.35. The van der Waals surface area contributed by atoms with E-state index in [1.807, 2.05) is 17.0 Å². The highest BCUT2D eigenvalue weighted by Gasteiger charge is 2.25. The largest absolute Gasteiger partial charge is 0.371 e. The molecule has 1 amide bonds. The van der Waals surface area contributed by atoms with Gasteiger partial charge in [0.1, 0.15) is 0 Å². The molecule has 1 aromatic carbocycles. The second-order valence-corrected chi connectivity index (χ2v) is 5.79. The Hall–Kier alpha value is -1.55. The molecule has 0 bridgehead atoms. The number of fused-ring (bicyclic) bond motifs is 1. The number of amides is 1. The topological polar surface area (TPSA) is 35.6 Å². The number of para-hydroxylation sites is 2. The zero-order chi connectivity index (χ0) is 13.9. The van der Waals surface area contributed by atoms with Crippen molar-refractivity contribution in [2.75, 3.05) is 36.5 Å². The molecule has 0 aliphatic carbocycles. The quantitative estimate of drug-likeness (QED) is 0.915. The van der Waals surface area contributed by atoms with E-state index in [1.54, 1.807) is 0 Å². The first-order valence-corrected chi connectivity index (χ1v) is 7.59. The van der Waals surface area contributed by atoms with Crippen molar-refractivity contribution in [1.82, 2.24) is 5.32 Å². The lowest BCUT2D eigenvalue weighted by Crippen LogP contribution is -2.43. The van der Waals surface area contributed by atoms with E-state index < -0.39 is 0 Å². The van der Waals surface area contributed by atoms with E-state index in [0.717, 1.165) is 37.4 Å². The lowest BCUT2D eigenvalue weighted by molar-refractivity contribution is -0.118. The van der Waals surface area contributed by atoms with Gasteiger partial charge in [-0.25, -0.2) is 0 Å². The van der Waals surface area contributed by atoms with Crippen LogP contribution in [0.1, 0.15) is 25.7 Å². The molecule has 1 saturated heterocycles. The molecule has 1 fully saturated rings. The molecule has 0 spiro atoms. The summed E-state index contributed by atoms with van der Waals surface area (Å²) in [5, 5.41) is 3.46. The Morgan fingerprint density at radius 2 is 2.10 bits per heavy atom. The molecule has 0 saturated carbocycles. The van der Waals surface area contributed by atoms with Crippen LogP contribution in [0.25, 0.3) is 0 Å². The second kappa shape index (κ2) is 5.83. The van der Waals surface area contributed by atoms with Gasteiger partial charge in [0.25, 0.3) is 0 Å². The van der Waals surface area contributed by atoms with Gasteiger partial charge in [0.2, 0.25) is 5.91 Å². The van der Waals surface area contributed by atoms with Crippen molar-refractivity contribution in [3.63, 3.8) is 0 Å². The normalized spacial score (nSPS) is 21.9. The van der Waals surface area contributed by atoms with Gasteiger partial charge in [0.05, 0.1) is 11.4 Å². The molecule has 2 aliphatic rings. The zero-order valence-electron chi connectivity index (χ0n) is 12.1. The lowest BCUT2D eigenvalue weighted by atomic mass is 10.1. The number of nitrogens with zero attached hydrogens (tertiary/aromatic N) is 2. The number of anilines is 2. The van der Waals surface area contributed by atoms with Gasteiger partial charge in [-0.15, -0.1) is 0 Å². The molecule has 20 heavy (non-hydrogen) atoms. The number of nitrogens with one attached hydrogen (secondary N) is 1. The molecular formula is C16H23N3O. The number of hydrogen-bond acceptors (Lipinski definition) is 3. The first-order valence-electron chi connectivity index (χ1n) is 7.59. The molecule has 1 unspecified atom stereocenters. The molecule has 1 atom stereocenters. The van der Waals surface area contributed by atoms with Crippen LogP contribution in [0.3, 0.4) is 0 Å². The minimum atomic E-state index is 0.263. The Kier molecular flexibility index (Phi) is 3.92. The Bertz CT molecular complexity index is 482. The molecule has 108 valence electrons. The van der Waals surface area contributed by atoms with E-state index in [4.69, 9.17) is 0 Å². The van der Waals surface area contributed by atoms with Gasteiger partial charge in [-0.05, 0) is 37.9 Å². The fourth-order valence-electron chi connectivity index (χ4n) is 3.20. The predicted molar refractivity (Wildman–Crippen MR) is 82.3 cm³/mol. The Balaban J connectivity index is 1.67. The standard InChI is InChI=1S/C16H23N3O/c1-18-11-12-19(15-7-3-2-6-14(15)18)16(20)9-8-13-5-4-10-17-13/h2-3,6-7,13,17H,4-5,8-12H2,1H3. The zero-order valence-corrected chi connectivity index (χ0v) is 12.1. The summed E-state index contributed by atoms with van der Waals surface area (Å²) in [6.07, 6.45) is 4.08. The van der Waals surface area contributed by atoms with Crippen LogP contribution < -0.4 is 15.1 Å². The molecule has 0 radical (unpaired) electrons. The summed E-state index contributed by atoms with van der Waals surface area (Å²) in [5.74, 6) is 0.263. The van der Waals surface area contributed by atoms with Crippen LogP contribution in [0.15, 0.2) is 24.3 Å². The third kappa shape index (κ3) is 2.66. The molecule has 4 heteroatoms. The van der Waals surface area contributed by atoms with E-state index in [2.05, 4.69) is 29.4 Å². The van der Waals surface area contributed by atoms with Crippen molar-refractivity contribution in [1.29, 1.82) is 0 Å². The summed E-state index contributed by atoms with van der Waals surface area (Å²) < 4.78 is 0. The number of hydrogen-bond donors (Lipinski definition) is 1. The fraction of sp³-hybridized carbons (Fsp3) is 0.562. The van der Waals surface area contributed by atoms with Gasteiger partial charge in [-0.1, -0.05) is 12.1 Å². The average Bonchev–Trinajstić information content (AvgIpc) is 2.99. The van der Waals surface area contributed by atoms with Crippen LogP contribution in [-0.4, -0.2) is 38.6 Å². The molecule has 2 aliphatic heterocycles. The summed E-state index contributed by atoms with van der Waals surface area (Å²) in [5.41, 5.74) is 2.22. The van der Waals surface area contributed by atoms with Crippen molar-refractivity contribution in [2.24, 2.45) is 0 Å². The number of benzene rings is 1. The molecule has 1 N–H and O–H groups in total. The van der Waals surface area contributed by atoms with Gasteiger partial charge in [-0.3, -0.25) is 4.79 Å². The predicted octanol–water partition coefficient (Wildman–Crippen LogP) is 2.00. The SMILES string of the molecule is CN1CCN(C(=O)CCC2CCCN2)c2ccccc21. The highest BCUT2D eigenvalue weighted by Crippen LogP contribution is 2.32. The maximum Gasteiger partial charge on any atom is 0.227 e. The first-order chi connectivity index (χ1) is 9.75. The van der Waals surface area contributed by atoms with Crippen molar-refractivity contribution < 1.29 is 4.79 Å². The highest BCUT2D eigenvalue weighted by atomic mass is 16.2. The van der Waals surface area contributed by atoms with Gasteiger partial charge >= 0.3 is 0 Å². The number of carbonyl (C=O) groups excluding carboxylic acids is 1. The molecule has 0 aromatic heterocycles. The molecule has 1 aromatic rings. The fourth-order valence-corrected chi connectivity index (χ4v) is 3.20. The van der Waals surface area contributed by atoms with E-state index in [-0.39, 0.29) is 5.91 Å². The van der Waals surface area contributed by atoms with Gasteiger partial charge < -0.3 is 15.1 Å². The Morgan fingerprint density at radius 3 is 2.85 bits per heavy atom. The van der Waals surface area contributed by atoms with Crippen LogP contribution in [0.2, 0.25) is 0 Å². The third-order valence-electron chi connectivity index (χ3n) is 4.41. The monoisotopic (exact) mass is 273 g/mol. The molecule has 2 heterocycles. The van der Waals surface area contributed by atoms with Crippen molar-refractivity contribution in [2.45, 2.75) is 31.7 Å². The molecular weight excluding hydrogens is 250 g/mol. The Morgan fingerprint density at radius 1 is 1.30 bits per heavy atom. The minimum absolute atomic E-state index is 0.263. The molecule has 4 nitrogen and oxygen atoms in total. The smallest absolute Gasteiger partial charge is 0.227 e. The van der Waals surface area contributed by atoms with Crippen molar-refractivity contribution in [3.8, 4) is 0 Å². The Labute approximate surface area is 120 Å². The van der Waals surface area contributed by atoms with Crippen LogP contribution >= 0.6 is 0 Å². The van der Waals surface area contributed by atoms with Crippen LogP contribution in [0.4, 0.5) is 11.4 Å². The maximum atomic E-state index is 12.5. The maximum absolute atomic E-state index is 12.5. The van der Waals surface area contributed by atoms with Crippen LogP contribution in [-0.2, 0) is 4.79 Å². The van der Waals surface area contributed by atoms with Gasteiger partial charge in [-0.2, -0.15) is 0 Å². The van der Waals surface area contributed by atoms with Gasteiger partial charge in [0, 0.05) is 32.6 Å². The average molecular weight is 273 g/mol. The van der Waals surface area contributed by atoms with E-state index in [9.17, 15) is 4.79 Å². The van der Waals surface area contributed by atoms with Crippen molar-refractivity contribution >= 4 is 17.3 Å². The summed E-state index contributed by atoms with van der Waals surface area (Å²) in [6, 6.07) is 8.73. The second-order valence-electron chi connectivity index (χ2n) is 5.79. The number of carbonyl (C=O) groups is 1. The third-order valence-corrected chi connectivity index (χ3v) is 4.41. The van der Waals surface area contributed by atoms with E-state index >= 15 is 0 Å². The summed E-state index contributed by atoms with van der Waals surface area (Å²) in [7, 11) is 2.09. The van der Waals surface area contributed by atoms with Crippen LogP contribution in [0, 0.1) is 0 Å².